The second-order valence-corrected chi connectivity index (χ2v) is 11.4. The molecule has 4 aromatic carbocycles. The molecule has 208 valence electrons. The van der Waals surface area contributed by atoms with Crippen molar-refractivity contribution in [3.05, 3.63) is 71.8 Å². The van der Waals surface area contributed by atoms with E-state index in [0.717, 1.165) is 10.8 Å². The van der Waals surface area contributed by atoms with Gasteiger partial charge in [0.2, 0.25) is 0 Å². The molecule has 4 aromatic rings. The van der Waals surface area contributed by atoms with Crippen LogP contribution in [-0.2, 0) is 14.3 Å². The Kier molecular flexibility index (Phi) is 7.61. The number of rotatable bonds is 7. The number of hydrogen-bond acceptors (Lipinski definition) is 7. The number of carbonyl (C=O) groups is 3. The predicted molar refractivity (Wildman–Crippen MR) is 155 cm³/mol. The van der Waals surface area contributed by atoms with Crippen LogP contribution in [0.4, 0.5) is 0 Å². The smallest absolute Gasteiger partial charge is 0.341 e. The van der Waals surface area contributed by atoms with E-state index >= 15 is 0 Å². The average molecular weight is 543 g/mol. The topological polar surface area (TPSA) is 99.1 Å². The molecule has 0 amide bonds. The molecule has 0 bridgehead atoms. The molecular weight excluding hydrogens is 508 g/mol. The molecule has 0 aliphatic heterocycles. The quantitative estimate of drug-likeness (QED) is 0.252. The Morgan fingerprint density at radius 3 is 2.08 bits per heavy atom. The molecule has 1 N–H and O–H groups in total. The lowest BCUT2D eigenvalue weighted by atomic mass is 9.75. The fourth-order valence-corrected chi connectivity index (χ4v) is 5.24. The molecule has 0 spiro atoms. The lowest BCUT2D eigenvalue weighted by Crippen LogP contribution is -2.38. The van der Waals surface area contributed by atoms with E-state index < -0.39 is 22.8 Å². The van der Waals surface area contributed by atoms with Crippen molar-refractivity contribution in [3.63, 3.8) is 0 Å². The molecule has 0 saturated carbocycles. The zero-order chi connectivity index (χ0) is 29.4. The maximum absolute atomic E-state index is 13.3. The highest BCUT2D eigenvalue weighted by atomic mass is 16.5. The van der Waals surface area contributed by atoms with Gasteiger partial charge in [0.15, 0.2) is 0 Å². The summed E-state index contributed by atoms with van der Waals surface area (Å²) in [6, 6.07) is 17.4. The van der Waals surface area contributed by atoms with Gasteiger partial charge in [-0.15, -0.1) is 0 Å². The molecule has 40 heavy (non-hydrogen) atoms. The number of ether oxygens (including phenoxy) is 3. The summed E-state index contributed by atoms with van der Waals surface area (Å²) < 4.78 is 16.4. The number of methoxy groups -OCH3 is 2. The molecule has 0 aromatic heterocycles. The number of phenolic OH excluding ortho intramolecular Hbond substituents is 1. The average Bonchev–Trinajstić information content (AvgIpc) is 2.93. The third kappa shape index (κ3) is 5.11. The highest BCUT2D eigenvalue weighted by Gasteiger charge is 2.37. The van der Waals surface area contributed by atoms with E-state index in [9.17, 15) is 19.5 Å². The van der Waals surface area contributed by atoms with Crippen LogP contribution < -0.4 is 4.74 Å². The van der Waals surface area contributed by atoms with Gasteiger partial charge in [-0.1, -0.05) is 57.2 Å². The van der Waals surface area contributed by atoms with Crippen LogP contribution in [0.15, 0.2) is 60.7 Å². The van der Waals surface area contributed by atoms with Gasteiger partial charge in [0.25, 0.3) is 0 Å². The van der Waals surface area contributed by atoms with Gasteiger partial charge in [0.1, 0.15) is 29.5 Å². The molecule has 0 radical (unpaired) electrons. The molecule has 7 nitrogen and oxygen atoms in total. The summed E-state index contributed by atoms with van der Waals surface area (Å²) in [7, 11) is 2.74. The van der Waals surface area contributed by atoms with E-state index in [4.69, 9.17) is 14.2 Å². The van der Waals surface area contributed by atoms with Crippen molar-refractivity contribution < 1.29 is 33.7 Å². The van der Waals surface area contributed by atoms with Gasteiger partial charge in [-0.3, -0.25) is 4.79 Å². The molecular formula is C33H34O7. The van der Waals surface area contributed by atoms with E-state index in [1.165, 1.54) is 20.3 Å². The fourth-order valence-electron chi connectivity index (χ4n) is 5.24. The van der Waals surface area contributed by atoms with Crippen LogP contribution >= 0.6 is 0 Å². The SMILES string of the molecule is COC(=O)c1cc2ccccc2c(-c2c(O)ccc3c(C(=O)OCC(C)(C)C(=O)C(C)(C)C)cccc23)c1OC. The second-order valence-electron chi connectivity index (χ2n) is 11.4. The Morgan fingerprint density at radius 2 is 1.43 bits per heavy atom. The summed E-state index contributed by atoms with van der Waals surface area (Å²) in [5.74, 6) is -0.996. The van der Waals surface area contributed by atoms with Crippen molar-refractivity contribution in [1.29, 1.82) is 0 Å². The maximum atomic E-state index is 13.3. The van der Waals surface area contributed by atoms with Crippen LogP contribution in [0.3, 0.4) is 0 Å². The van der Waals surface area contributed by atoms with Crippen molar-refractivity contribution in [2.75, 3.05) is 20.8 Å². The third-order valence-electron chi connectivity index (χ3n) is 6.98. The normalized spacial score (nSPS) is 11.9. The maximum Gasteiger partial charge on any atom is 0.341 e. The van der Waals surface area contributed by atoms with Crippen LogP contribution in [0.2, 0.25) is 0 Å². The lowest BCUT2D eigenvalue weighted by molar-refractivity contribution is -0.137. The van der Waals surface area contributed by atoms with Crippen LogP contribution in [0.1, 0.15) is 55.3 Å². The molecule has 0 atom stereocenters. The van der Waals surface area contributed by atoms with Crippen LogP contribution in [0, 0.1) is 10.8 Å². The highest BCUT2D eigenvalue weighted by molar-refractivity contribution is 6.16. The number of aromatic hydroxyl groups is 1. The molecule has 0 saturated heterocycles. The van der Waals surface area contributed by atoms with E-state index in [0.29, 0.717) is 21.9 Å². The monoisotopic (exact) mass is 542 g/mol. The van der Waals surface area contributed by atoms with Gasteiger partial charge in [-0.2, -0.15) is 0 Å². The van der Waals surface area contributed by atoms with Crippen LogP contribution in [0.5, 0.6) is 11.5 Å². The largest absolute Gasteiger partial charge is 0.507 e. The Hall–Kier alpha value is -4.39. The van der Waals surface area contributed by atoms with Gasteiger partial charge in [0.05, 0.1) is 25.2 Å². The minimum atomic E-state index is -0.872. The first-order valence-electron chi connectivity index (χ1n) is 13.0. The Balaban J connectivity index is 1.90. The van der Waals surface area contributed by atoms with Gasteiger partial charge >= 0.3 is 11.9 Å². The Bertz CT molecular complexity index is 1640. The molecule has 0 aliphatic rings. The van der Waals surface area contributed by atoms with Gasteiger partial charge in [0, 0.05) is 16.5 Å². The van der Waals surface area contributed by atoms with Gasteiger partial charge in [-0.05, 0) is 59.7 Å². The number of benzene rings is 4. The van der Waals surface area contributed by atoms with Crippen LogP contribution in [0.25, 0.3) is 32.7 Å². The molecule has 4 rings (SSSR count). The zero-order valence-electron chi connectivity index (χ0n) is 23.9. The Labute approximate surface area is 233 Å². The minimum absolute atomic E-state index is 0.0117. The lowest BCUT2D eigenvalue weighted by Gasteiger charge is -2.30. The van der Waals surface area contributed by atoms with Crippen molar-refractivity contribution >= 4 is 39.3 Å². The second kappa shape index (κ2) is 10.6. The summed E-state index contributed by atoms with van der Waals surface area (Å²) in [5, 5.41) is 13.8. The van der Waals surface area contributed by atoms with E-state index in [2.05, 4.69) is 0 Å². The summed E-state index contributed by atoms with van der Waals surface area (Å²) in [5.41, 5.74) is -0.0764. The molecule has 0 fully saturated rings. The van der Waals surface area contributed by atoms with Crippen molar-refractivity contribution in [3.8, 4) is 22.6 Å². The molecule has 7 heteroatoms. The number of carbonyl (C=O) groups excluding carboxylic acids is 3. The standard InChI is InChI=1S/C33H34O7/c1-32(2,3)31(37)33(4,5)18-40-30(36)23-14-10-13-22-21(23)15-16-25(34)26(22)27-20-12-9-8-11-19(20)17-24(28(27)38-6)29(35)39-7/h8-17,34H,18H2,1-7H3. The zero-order valence-corrected chi connectivity index (χ0v) is 23.9. The summed E-state index contributed by atoms with van der Waals surface area (Å²) in [4.78, 5) is 39.0. The summed E-state index contributed by atoms with van der Waals surface area (Å²) in [6.45, 7) is 8.96. The Morgan fingerprint density at radius 1 is 0.750 bits per heavy atom. The molecule has 0 aliphatic carbocycles. The number of hydrogen-bond donors (Lipinski definition) is 1. The first kappa shape index (κ1) is 28.6. The van der Waals surface area contributed by atoms with E-state index in [1.807, 2.05) is 45.0 Å². The third-order valence-corrected chi connectivity index (χ3v) is 6.98. The predicted octanol–water partition coefficient (Wildman–Crippen LogP) is 6.96. The fraction of sp³-hybridized carbons (Fsp3) is 0.303. The number of ketones is 1. The molecule has 0 unspecified atom stereocenters. The molecule has 0 heterocycles. The summed E-state index contributed by atoms with van der Waals surface area (Å²) in [6.07, 6.45) is 0. The first-order chi connectivity index (χ1) is 18.8. The number of Topliss-reactive ketones (excluding diaryl/α,β-unsaturated/α-hetero) is 1. The number of fused-ring (bicyclic) bond motifs is 2. The van der Waals surface area contributed by atoms with E-state index in [1.54, 1.807) is 44.2 Å². The first-order valence-corrected chi connectivity index (χ1v) is 13.0. The van der Waals surface area contributed by atoms with Crippen molar-refractivity contribution in [2.24, 2.45) is 10.8 Å². The summed E-state index contributed by atoms with van der Waals surface area (Å²) >= 11 is 0. The van der Waals surface area contributed by atoms with Gasteiger partial charge < -0.3 is 19.3 Å². The van der Waals surface area contributed by atoms with E-state index in [-0.39, 0.29) is 35.0 Å². The van der Waals surface area contributed by atoms with Gasteiger partial charge in [-0.25, -0.2) is 9.59 Å². The van der Waals surface area contributed by atoms with Crippen molar-refractivity contribution in [1.82, 2.24) is 0 Å². The van der Waals surface area contributed by atoms with Crippen molar-refractivity contribution in [2.45, 2.75) is 34.6 Å². The number of esters is 2. The van der Waals surface area contributed by atoms with Crippen LogP contribution in [-0.4, -0.2) is 43.7 Å². The number of phenols is 1. The minimum Gasteiger partial charge on any atom is -0.507 e. The highest BCUT2D eigenvalue weighted by Crippen LogP contribution is 2.47.